The Morgan fingerprint density at radius 1 is 1.45 bits per heavy atom. The summed E-state index contributed by atoms with van der Waals surface area (Å²) in [5, 5.41) is 6.33. The molecule has 1 aromatic rings. The maximum atomic E-state index is 12.1. The Kier molecular flexibility index (Phi) is 4.62. The molecule has 2 N–H and O–H groups in total. The van der Waals surface area contributed by atoms with Crippen molar-refractivity contribution in [3.63, 3.8) is 0 Å². The summed E-state index contributed by atoms with van der Waals surface area (Å²) in [6.07, 6.45) is 0. The van der Waals surface area contributed by atoms with Crippen LogP contribution in [0.1, 0.15) is 12.5 Å². The van der Waals surface area contributed by atoms with Crippen molar-refractivity contribution in [2.75, 3.05) is 25.0 Å². The molecule has 1 unspecified atom stereocenters. The minimum Gasteiger partial charge on any atom is -0.329 e. The van der Waals surface area contributed by atoms with Crippen LogP contribution < -0.4 is 10.6 Å². The van der Waals surface area contributed by atoms with Gasteiger partial charge in [-0.1, -0.05) is 17.7 Å². The van der Waals surface area contributed by atoms with E-state index in [9.17, 15) is 9.59 Å². The number of hydrogen-bond acceptors (Lipinski definition) is 3. The Bertz CT molecular complexity index is 533. The standard InChI is InChI=1S/C14H18ClN3O2/c1-9-3-4-11(7-12(9)15)17-13(19)14(20)18-6-5-16-8-10(18)2/h3-4,7,10,16H,5-6,8H2,1-2H3,(H,17,19). The third kappa shape index (κ3) is 3.29. The van der Waals surface area contributed by atoms with Gasteiger partial charge in [0.25, 0.3) is 0 Å². The van der Waals surface area contributed by atoms with E-state index in [1.165, 1.54) is 0 Å². The first kappa shape index (κ1) is 14.8. The summed E-state index contributed by atoms with van der Waals surface area (Å²) >= 11 is 5.99. The van der Waals surface area contributed by atoms with Gasteiger partial charge < -0.3 is 15.5 Å². The SMILES string of the molecule is Cc1ccc(NC(=O)C(=O)N2CCNCC2C)cc1Cl. The Balaban J connectivity index is 2.03. The van der Waals surface area contributed by atoms with Gasteiger partial charge in [0.05, 0.1) is 0 Å². The molecule has 0 aliphatic carbocycles. The van der Waals surface area contributed by atoms with Crippen LogP contribution in [0.25, 0.3) is 0 Å². The highest BCUT2D eigenvalue weighted by molar-refractivity contribution is 6.39. The highest BCUT2D eigenvalue weighted by Gasteiger charge is 2.28. The molecular formula is C14H18ClN3O2. The zero-order valence-corrected chi connectivity index (χ0v) is 12.3. The molecule has 2 amide bonds. The van der Waals surface area contributed by atoms with E-state index in [1.807, 2.05) is 13.8 Å². The number of carbonyl (C=O) groups is 2. The van der Waals surface area contributed by atoms with Gasteiger partial charge in [-0.15, -0.1) is 0 Å². The molecule has 1 aromatic carbocycles. The van der Waals surface area contributed by atoms with Crippen molar-refractivity contribution in [3.05, 3.63) is 28.8 Å². The molecule has 1 atom stereocenters. The largest absolute Gasteiger partial charge is 0.329 e. The molecule has 2 rings (SSSR count). The van der Waals surface area contributed by atoms with Crippen molar-refractivity contribution >= 4 is 29.1 Å². The number of carbonyl (C=O) groups excluding carboxylic acids is 2. The summed E-state index contributed by atoms with van der Waals surface area (Å²) in [5.41, 5.74) is 1.45. The second-order valence-electron chi connectivity index (χ2n) is 4.97. The second kappa shape index (κ2) is 6.24. The molecule has 5 nitrogen and oxygen atoms in total. The zero-order valence-electron chi connectivity index (χ0n) is 11.6. The minimum atomic E-state index is -0.626. The van der Waals surface area contributed by atoms with Gasteiger partial charge in [-0.2, -0.15) is 0 Å². The number of benzene rings is 1. The average molecular weight is 296 g/mol. The summed E-state index contributed by atoms with van der Waals surface area (Å²) in [6.45, 7) is 5.75. The molecule has 1 heterocycles. The first-order chi connectivity index (χ1) is 9.49. The Morgan fingerprint density at radius 2 is 2.20 bits per heavy atom. The van der Waals surface area contributed by atoms with E-state index in [0.717, 1.165) is 5.56 Å². The van der Waals surface area contributed by atoms with E-state index in [-0.39, 0.29) is 6.04 Å². The van der Waals surface area contributed by atoms with Gasteiger partial charge in [0.1, 0.15) is 0 Å². The van der Waals surface area contributed by atoms with Crippen LogP contribution in [0.4, 0.5) is 5.69 Å². The Labute approximate surface area is 123 Å². The van der Waals surface area contributed by atoms with E-state index < -0.39 is 11.8 Å². The Morgan fingerprint density at radius 3 is 2.85 bits per heavy atom. The van der Waals surface area contributed by atoms with E-state index in [0.29, 0.717) is 30.3 Å². The van der Waals surface area contributed by atoms with Crippen molar-refractivity contribution < 1.29 is 9.59 Å². The van der Waals surface area contributed by atoms with E-state index in [2.05, 4.69) is 10.6 Å². The second-order valence-corrected chi connectivity index (χ2v) is 5.38. The van der Waals surface area contributed by atoms with Crippen LogP contribution in [-0.4, -0.2) is 42.4 Å². The number of aryl methyl sites for hydroxylation is 1. The van der Waals surface area contributed by atoms with Gasteiger partial charge in [-0.3, -0.25) is 9.59 Å². The van der Waals surface area contributed by atoms with E-state index in [1.54, 1.807) is 23.1 Å². The van der Waals surface area contributed by atoms with Crippen LogP contribution in [0.2, 0.25) is 5.02 Å². The average Bonchev–Trinajstić information content (AvgIpc) is 2.42. The molecule has 0 saturated carbocycles. The normalized spacial score (nSPS) is 18.8. The van der Waals surface area contributed by atoms with Crippen molar-refractivity contribution in [1.29, 1.82) is 0 Å². The highest BCUT2D eigenvalue weighted by atomic mass is 35.5. The molecule has 1 fully saturated rings. The zero-order chi connectivity index (χ0) is 14.7. The summed E-state index contributed by atoms with van der Waals surface area (Å²) in [6, 6.07) is 5.19. The number of anilines is 1. The number of nitrogens with one attached hydrogen (secondary N) is 2. The predicted octanol–water partition coefficient (Wildman–Crippen LogP) is 1.41. The number of hydrogen-bond donors (Lipinski definition) is 2. The monoisotopic (exact) mass is 295 g/mol. The van der Waals surface area contributed by atoms with Crippen LogP contribution in [-0.2, 0) is 9.59 Å². The predicted molar refractivity (Wildman–Crippen MR) is 78.9 cm³/mol. The quantitative estimate of drug-likeness (QED) is 0.770. The van der Waals surface area contributed by atoms with Crippen molar-refractivity contribution in [2.45, 2.75) is 19.9 Å². The third-order valence-electron chi connectivity index (χ3n) is 3.39. The molecule has 1 aliphatic heterocycles. The summed E-state index contributed by atoms with van der Waals surface area (Å²) < 4.78 is 0. The van der Waals surface area contributed by atoms with Crippen molar-refractivity contribution in [2.24, 2.45) is 0 Å². The van der Waals surface area contributed by atoms with E-state index in [4.69, 9.17) is 11.6 Å². The molecule has 0 spiro atoms. The van der Waals surface area contributed by atoms with Gasteiger partial charge in [0.2, 0.25) is 0 Å². The lowest BCUT2D eigenvalue weighted by Crippen LogP contribution is -2.54. The van der Waals surface area contributed by atoms with Gasteiger partial charge in [-0.05, 0) is 31.5 Å². The Hall–Kier alpha value is -1.59. The van der Waals surface area contributed by atoms with Crippen LogP contribution in [0.3, 0.4) is 0 Å². The maximum Gasteiger partial charge on any atom is 0.313 e. The minimum absolute atomic E-state index is 0.0172. The first-order valence-corrected chi connectivity index (χ1v) is 6.95. The topological polar surface area (TPSA) is 61.4 Å². The summed E-state index contributed by atoms with van der Waals surface area (Å²) in [7, 11) is 0. The lowest BCUT2D eigenvalue weighted by atomic mass is 10.2. The van der Waals surface area contributed by atoms with Gasteiger partial charge >= 0.3 is 11.8 Å². The van der Waals surface area contributed by atoms with Crippen LogP contribution >= 0.6 is 11.6 Å². The molecule has 1 aliphatic rings. The number of halogens is 1. The molecule has 108 valence electrons. The van der Waals surface area contributed by atoms with E-state index >= 15 is 0 Å². The molecule has 0 aromatic heterocycles. The number of rotatable bonds is 1. The summed E-state index contributed by atoms with van der Waals surface area (Å²) in [4.78, 5) is 25.7. The first-order valence-electron chi connectivity index (χ1n) is 6.58. The van der Waals surface area contributed by atoms with Gasteiger partial charge in [0, 0.05) is 36.4 Å². The van der Waals surface area contributed by atoms with Crippen molar-refractivity contribution in [3.8, 4) is 0 Å². The smallest absolute Gasteiger partial charge is 0.313 e. The van der Waals surface area contributed by atoms with Crippen LogP contribution in [0, 0.1) is 6.92 Å². The maximum absolute atomic E-state index is 12.1. The molecular weight excluding hydrogens is 278 g/mol. The van der Waals surface area contributed by atoms with Crippen LogP contribution in [0.15, 0.2) is 18.2 Å². The number of piperazine rings is 1. The summed E-state index contributed by atoms with van der Waals surface area (Å²) in [5.74, 6) is -1.13. The molecule has 20 heavy (non-hydrogen) atoms. The van der Waals surface area contributed by atoms with Crippen molar-refractivity contribution in [1.82, 2.24) is 10.2 Å². The molecule has 0 bridgehead atoms. The van der Waals surface area contributed by atoms with Gasteiger partial charge in [-0.25, -0.2) is 0 Å². The molecule has 6 heteroatoms. The number of nitrogens with zero attached hydrogens (tertiary/aromatic N) is 1. The van der Waals surface area contributed by atoms with Crippen LogP contribution in [0.5, 0.6) is 0 Å². The molecule has 1 saturated heterocycles. The fourth-order valence-electron chi connectivity index (χ4n) is 2.13. The molecule has 0 radical (unpaired) electrons. The third-order valence-corrected chi connectivity index (χ3v) is 3.79. The fourth-order valence-corrected chi connectivity index (χ4v) is 2.31. The highest BCUT2D eigenvalue weighted by Crippen LogP contribution is 2.20. The number of amides is 2. The lowest BCUT2D eigenvalue weighted by Gasteiger charge is -2.33. The fraction of sp³-hybridized carbons (Fsp3) is 0.429. The van der Waals surface area contributed by atoms with Gasteiger partial charge in [0.15, 0.2) is 0 Å². The lowest BCUT2D eigenvalue weighted by molar-refractivity contribution is -0.145.